The number of aliphatic hydroxyl groups excluding tert-OH is 1. The number of phenolic OH excluding ortho intramolecular Hbond substituents is 1. The zero-order valence-corrected chi connectivity index (χ0v) is 27.9. The van der Waals surface area contributed by atoms with Crippen molar-refractivity contribution in [2.45, 2.75) is 32.2 Å². The van der Waals surface area contributed by atoms with Crippen LogP contribution in [0.3, 0.4) is 0 Å². The summed E-state index contributed by atoms with van der Waals surface area (Å²) < 4.78 is 6.54. The number of likely N-dealkylation sites (N-methyl/N-ethyl adjacent to an activating group) is 2. The van der Waals surface area contributed by atoms with E-state index in [1.54, 1.807) is 55.1 Å². The highest BCUT2D eigenvalue weighted by Gasteiger charge is 2.61. The highest BCUT2D eigenvalue weighted by Crippen LogP contribution is 2.59. The van der Waals surface area contributed by atoms with Crippen LogP contribution in [-0.2, 0) is 20.8 Å². The predicted molar refractivity (Wildman–Crippen MR) is 179 cm³/mol. The highest BCUT2D eigenvalue weighted by atomic mass is 16.5. The Morgan fingerprint density at radius 3 is 2.38 bits per heavy atom. The number of aliphatic hydroxyl groups is 1. The van der Waals surface area contributed by atoms with Crippen LogP contribution in [0.4, 0.5) is 0 Å². The number of phenols is 1. The van der Waals surface area contributed by atoms with Gasteiger partial charge in [0.05, 0.1) is 23.6 Å². The molecule has 0 spiro atoms. The summed E-state index contributed by atoms with van der Waals surface area (Å²) in [4.78, 5) is 59.2. The Labute approximate surface area is 279 Å². The Bertz CT molecular complexity index is 1810. The number of allylic oxidation sites excluding steroid dienone is 1. The van der Waals surface area contributed by atoms with Crippen LogP contribution in [-0.4, -0.2) is 102 Å². The van der Waals surface area contributed by atoms with Gasteiger partial charge in [0.2, 0.25) is 5.91 Å². The lowest BCUT2D eigenvalue weighted by molar-refractivity contribution is -0.132. The highest BCUT2D eigenvalue weighted by molar-refractivity contribution is 6.22. The normalized spacial score (nSPS) is 25.5. The van der Waals surface area contributed by atoms with Crippen molar-refractivity contribution in [1.82, 2.24) is 14.7 Å². The summed E-state index contributed by atoms with van der Waals surface area (Å²) in [5, 5.41) is 23.0. The number of fused-ring (bicyclic) bond motifs is 3. The predicted octanol–water partition coefficient (Wildman–Crippen LogP) is 3.09. The van der Waals surface area contributed by atoms with Gasteiger partial charge in [0.15, 0.2) is 11.6 Å². The number of hydrogen-bond acceptors (Lipinski definition) is 9. The molecule has 1 aliphatic heterocycles. The molecule has 4 atom stereocenters. The van der Waals surface area contributed by atoms with Gasteiger partial charge >= 0.3 is 0 Å². The van der Waals surface area contributed by atoms with Gasteiger partial charge in [0.1, 0.15) is 28.6 Å². The van der Waals surface area contributed by atoms with Crippen LogP contribution in [0.1, 0.15) is 41.3 Å². The van der Waals surface area contributed by atoms with Gasteiger partial charge < -0.3 is 30.5 Å². The fourth-order valence-electron chi connectivity index (χ4n) is 8.10. The Kier molecular flexibility index (Phi) is 8.55. The minimum atomic E-state index is -1.47. The molecule has 0 fully saturated rings. The number of nitrogens with two attached hydrogens (primary N) is 1. The quantitative estimate of drug-likeness (QED) is 0.382. The van der Waals surface area contributed by atoms with Gasteiger partial charge in [0, 0.05) is 24.6 Å². The maximum absolute atomic E-state index is 14.7. The number of benzene rings is 2. The summed E-state index contributed by atoms with van der Waals surface area (Å²) in [5.74, 6) is -3.18. The van der Waals surface area contributed by atoms with Crippen LogP contribution in [0.15, 0.2) is 71.2 Å². The molecule has 11 nitrogen and oxygen atoms in total. The van der Waals surface area contributed by atoms with E-state index in [1.165, 1.54) is 6.07 Å². The molecule has 2 aromatic carbocycles. The van der Waals surface area contributed by atoms with Crippen molar-refractivity contribution < 1.29 is 34.1 Å². The SMILES string of the molecule is CN(C)CC(=O)N1CC=C(c2ccc(O)c3c2C[C@H]2C[C@H]4[C@@H](N(C)C)C(=O)C(C(N)=O)=C(O)[C@@]4(C)C(Oc4ccccc4)=C2C3=O)CC1. The third-order valence-corrected chi connectivity index (χ3v) is 10.4. The first-order valence-corrected chi connectivity index (χ1v) is 16.2. The Morgan fingerprint density at radius 1 is 1.06 bits per heavy atom. The van der Waals surface area contributed by atoms with Gasteiger partial charge in [-0.05, 0) is 95.2 Å². The number of Topliss-reactive ketones (excluding diaryl/α,β-unsaturated/α-hetero) is 2. The second-order valence-corrected chi connectivity index (χ2v) is 13.8. The number of hydrogen-bond donors (Lipinski definition) is 3. The van der Waals surface area contributed by atoms with Crippen LogP contribution >= 0.6 is 0 Å². The molecule has 11 heteroatoms. The molecule has 0 unspecified atom stereocenters. The Balaban J connectivity index is 1.52. The monoisotopic (exact) mass is 654 g/mol. The van der Waals surface area contributed by atoms with E-state index in [0.29, 0.717) is 50.2 Å². The summed E-state index contributed by atoms with van der Waals surface area (Å²) in [7, 11) is 7.18. The number of primary amides is 1. The number of carbonyl (C=O) groups is 4. The van der Waals surface area contributed by atoms with Crippen molar-refractivity contribution >= 4 is 29.0 Å². The lowest BCUT2D eigenvalue weighted by atomic mass is 9.54. The van der Waals surface area contributed by atoms with Crippen molar-refractivity contribution in [2.75, 3.05) is 47.8 Å². The molecule has 48 heavy (non-hydrogen) atoms. The zero-order chi connectivity index (χ0) is 34.7. The fraction of sp³-hybridized carbons (Fsp3) is 0.405. The second-order valence-electron chi connectivity index (χ2n) is 13.8. The van der Waals surface area contributed by atoms with Gasteiger partial charge in [-0.1, -0.05) is 30.3 Å². The first-order valence-electron chi connectivity index (χ1n) is 16.2. The third-order valence-electron chi connectivity index (χ3n) is 10.4. The van der Waals surface area contributed by atoms with Gasteiger partial charge in [0.25, 0.3) is 5.91 Å². The van der Waals surface area contributed by atoms with Crippen LogP contribution < -0.4 is 10.5 Å². The number of aromatic hydroxyl groups is 1. The number of rotatable bonds is 7. The van der Waals surface area contributed by atoms with Crippen molar-refractivity contribution in [3.8, 4) is 11.5 Å². The van der Waals surface area contributed by atoms with Gasteiger partial charge in [-0.3, -0.25) is 24.1 Å². The average molecular weight is 655 g/mol. The van der Waals surface area contributed by atoms with Crippen molar-refractivity contribution in [1.29, 1.82) is 0 Å². The van der Waals surface area contributed by atoms with Crippen LogP contribution in [0.2, 0.25) is 0 Å². The standard InChI is InChI=1S/C37H42N4O7/c1-37-25(31(40(4)5)33(45)30(34(37)46)36(38)47)18-21-17-24-23(20-13-15-41(16-14-20)27(43)19-39(2)3)11-12-26(42)29(24)32(44)28(21)35(37)48-22-9-7-6-8-10-22/h6-13,21,25,31,42,46H,14-19H2,1-5H3,(H2,38,47)/t21-,25-,31+,37-/m0/s1. The van der Waals surface area contributed by atoms with Crippen LogP contribution in [0, 0.1) is 17.3 Å². The van der Waals surface area contributed by atoms with Gasteiger partial charge in [-0.2, -0.15) is 0 Å². The van der Waals surface area contributed by atoms with Crippen LogP contribution in [0.5, 0.6) is 11.5 Å². The summed E-state index contributed by atoms with van der Waals surface area (Å²) in [5.41, 5.74) is 6.71. The fourth-order valence-corrected chi connectivity index (χ4v) is 8.10. The Morgan fingerprint density at radius 2 is 1.77 bits per heavy atom. The first-order chi connectivity index (χ1) is 22.7. The summed E-state index contributed by atoms with van der Waals surface area (Å²) in [6, 6.07) is 11.3. The molecule has 4 aliphatic rings. The molecule has 0 saturated heterocycles. The van der Waals surface area contributed by atoms with E-state index in [-0.39, 0.29) is 28.6 Å². The molecule has 4 N–H and O–H groups in total. The molecule has 3 aliphatic carbocycles. The Hall–Kier alpha value is -4.74. The summed E-state index contributed by atoms with van der Waals surface area (Å²) in [6.45, 7) is 2.98. The smallest absolute Gasteiger partial charge is 0.255 e. The second kappa shape index (κ2) is 12.4. The summed E-state index contributed by atoms with van der Waals surface area (Å²) >= 11 is 0. The number of ether oxygens (including phenoxy) is 1. The topological polar surface area (TPSA) is 154 Å². The minimum Gasteiger partial charge on any atom is -0.510 e. The molecule has 2 aromatic rings. The number of para-hydroxylation sites is 1. The van der Waals surface area contributed by atoms with E-state index < -0.39 is 52.1 Å². The van der Waals surface area contributed by atoms with Crippen LogP contribution in [0.25, 0.3) is 5.57 Å². The van der Waals surface area contributed by atoms with Crippen molar-refractivity contribution in [3.63, 3.8) is 0 Å². The molecule has 0 saturated carbocycles. The largest absolute Gasteiger partial charge is 0.510 e. The number of ketones is 2. The lowest BCUT2D eigenvalue weighted by Gasteiger charge is -2.52. The van der Waals surface area contributed by atoms with Gasteiger partial charge in [-0.15, -0.1) is 0 Å². The zero-order valence-electron chi connectivity index (χ0n) is 27.9. The molecule has 0 aromatic heterocycles. The van der Waals surface area contributed by atoms with Crippen molar-refractivity contribution in [2.24, 2.45) is 23.0 Å². The minimum absolute atomic E-state index is 0.0402. The van der Waals surface area contributed by atoms with Crippen molar-refractivity contribution in [3.05, 3.63) is 87.9 Å². The first kappa shape index (κ1) is 33.2. The van der Waals surface area contributed by atoms with E-state index in [2.05, 4.69) is 0 Å². The molecule has 2 amide bonds. The van der Waals surface area contributed by atoms with E-state index >= 15 is 0 Å². The molecule has 0 bridgehead atoms. The molecule has 6 rings (SSSR count). The average Bonchev–Trinajstić information content (AvgIpc) is 3.02. The van der Waals surface area contributed by atoms with E-state index in [0.717, 1.165) is 11.1 Å². The third kappa shape index (κ3) is 5.31. The number of nitrogens with zero attached hydrogens (tertiary/aromatic N) is 3. The maximum Gasteiger partial charge on any atom is 0.255 e. The lowest BCUT2D eigenvalue weighted by Crippen LogP contribution is -2.59. The number of amides is 2. The molecule has 252 valence electrons. The molecule has 0 radical (unpaired) electrons. The molecular weight excluding hydrogens is 612 g/mol. The van der Waals surface area contributed by atoms with E-state index in [9.17, 15) is 29.4 Å². The molecular formula is C37H42N4O7. The molecule has 1 heterocycles. The van der Waals surface area contributed by atoms with E-state index in [4.69, 9.17) is 10.5 Å². The van der Waals surface area contributed by atoms with Gasteiger partial charge in [-0.25, -0.2) is 0 Å². The number of carbonyl (C=O) groups excluding carboxylic acids is 4. The summed E-state index contributed by atoms with van der Waals surface area (Å²) in [6.07, 6.45) is 3.30. The maximum atomic E-state index is 14.7. The van der Waals surface area contributed by atoms with E-state index in [1.807, 2.05) is 37.2 Å².